The number of fused-ring (bicyclic) bond motifs is 1. The third kappa shape index (κ3) is 7.04. The van der Waals surface area contributed by atoms with Gasteiger partial charge < -0.3 is 19.4 Å². The van der Waals surface area contributed by atoms with Crippen LogP contribution in [0.3, 0.4) is 0 Å². The first kappa shape index (κ1) is 32.5. The van der Waals surface area contributed by atoms with Crippen molar-refractivity contribution in [2.45, 2.75) is 84.0 Å². The molecule has 1 saturated heterocycles. The number of aromatic amines is 1. The van der Waals surface area contributed by atoms with Crippen molar-refractivity contribution in [3.63, 3.8) is 0 Å². The molecule has 0 radical (unpaired) electrons. The number of ether oxygens (including phenoxy) is 2. The number of H-pyrrole nitrogens is 1. The maximum atomic E-state index is 13.7. The average molecular weight is 617 g/mol. The van der Waals surface area contributed by atoms with E-state index >= 15 is 0 Å². The Morgan fingerprint density at radius 2 is 1.79 bits per heavy atom. The van der Waals surface area contributed by atoms with E-state index in [1.807, 2.05) is 6.92 Å². The van der Waals surface area contributed by atoms with Crippen molar-refractivity contribution in [2.24, 2.45) is 0 Å². The van der Waals surface area contributed by atoms with Crippen LogP contribution in [0.2, 0.25) is 0 Å². The van der Waals surface area contributed by atoms with E-state index in [0.29, 0.717) is 29.1 Å². The second-order valence-electron chi connectivity index (χ2n) is 10.8. The molecule has 0 aliphatic carbocycles. The fourth-order valence-electron chi connectivity index (χ4n) is 5.52. The van der Waals surface area contributed by atoms with Crippen molar-refractivity contribution in [1.82, 2.24) is 28.8 Å². The molecule has 1 amide bonds. The molecule has 1 N–H and O–H groups in total. The number of unbranched alkanes of at least 4 members (excludes halogenated alkanes) is 3. The summed E-state index contributed by atoms with van der Waals surface area (Å²) in [5, 5.41) is 4.82. The van der Waals surface area contributed by atoms with Gasteiger partial charge in [0.25, 0.3) is 5.56 Å². The van der Waals surface area contributed by atoms with Crippen LogP contribution < -0.4 is 10.3 Å². The Morgan fingerprint density at radius 3 is 2.44 bits per heavy atom. The number of hydrogen-bond acceptors (Lipinski definition) is 8. The highest BCUT2D eigenvalue weighted by Crippen LogP contribution is 2.32. The number of amides is 1. The first-order valence-corrected chi connectivity index (χ1v) is 16.8. The van der Waals surface area contributed by atoms with Gasteiger partial charge in [-0.25, -0.2) is 22.7 Å². The van der Waals surface area contributed by atoms with Gasteiger partial charge in [0.05, 0.1) is 29.4 Å². The zero-order valence-electron chi connectivity index (χ0n) is 25.9. The Kier molecular flexibility index (Phi) is 10.8. The number of nitrogens with zero attached hydrogens (tertiary/aromatic N) is 5. The third-order valence-corrected chi connectivity index (χ3v) is 9.77. The average Bonchev–Trinajstić information content (AvgIpc) is 3.34. The van der Waals surface area contributed by atoms with Crippen LogP contribution in [0.15, 0.2) is 27.9 Å². The van der Waals surface area contributed by atoms with Gasteiger partial charge in [-0.05, 0) is 51.8 Å². The lowest BCUT2D eigenvalue weighted by Gasteiger charge is -2.33. The van der Waals surface area contributed by atoms with Crippen LogP contribution in [0.25, 0.3) is 16.9 Å². The van der Waals surface area contributed by atoms with Crippen molar-refractivity contribution in [3.8, 4) is 17.1 Å². The van der Waals surface area contributed by atoms with Crippen molar-refractivity contribution in [3.05, 3.63) is 40.1 Å². The van der Waals surface area contributed by atoms with Crippen molar-refractivity contribution < 1.29 is 22.7 Å². The number of hydrogen-bond donors (Lipinski definition) is 1. The Morgan fingerprint density at radius 1 is 1.05 bits per heavy atom. The smallest absolute Gasteiger partial charge is 0.409 e. The molecule has 12 nitrogen and oxygen atoms in total. The van der Waals surface area contributed by atoms with Gasteiger partial charge in [-0.1, -0.05) is 39.5 Å². The molecule has 1 aliphatic heterocycles. The summed E-state index contributed by atoms with van der Waals surface area (Å²) in [5.41, 5.74) is 0.992. The third-order valence-electron chi connectivity index (χ3n) is 7.87. The quantitative estimate of drug-likeness (QED) is 0.272. The minimum Gasteiger partial charge on any atom is -0.493 e. The number of imidazole rings is 1. The number of benzene rings is 1. The van der Waals surface area contributed by atoms with Crippen LogP contribution in [0, 0.1) is 6.92 Å². The highest BCUT2D eigenvalue weighted by molar-refractivity contribution is 7.89. The van der Waals surface area contributed by atoms with Gasteiger partial charge >= 0.3 is 6.09 Å². The first-order chi connectivity index (χ1) is 20.7. The molecule has 236 valence electrons. The molecule has 1 aliphatic rings. The van der Waals surface area contributed by atoms with Crippen LogP contribution >= 0.6 is 0 Å². The summed E-state index contributed by atoms with van der Waals surface area (Å²) in [6.07, 6.45) is 5.90. The summed E-state index contributed by atoms with van der Waals surface area (Å²) in [5.74, 6) is 1.47. The van der Waals surface area contributed by atoms with E-state index in [1.54, 1.807) is 24.4 Å². The van der Waals surface area contributed by atoms with E-state index in [0.717, 1.165) is 37.9 Å². The highest BCUT2D eigenvalue weighted by atomic mass is 32.2. The predicted octanol–water partition coefficient (Wildman–Crippen LogP) is 4.72. The number of sulfonamides is 1. The molecule has 1 atom stereocenters. The van der Waals surface area contributed by atoms with Gasteiger partial charge in [-0.2, -0.15) is 4.31 Å². The molecule has 1 aromatic carbocycles. The Hall–Kier alpha value is -3.45. The lowest BCUT2D eigenvalue weighted by molar-refractivity contribution is 0.0934. The van der Waals surface area contributed by atoms with Gasteiger partial charge in [-0.15, -0.1) is 5.10 Å². The van der Waals surface area contributed by atoms with Crippen molar-refractivity contribution >= 4 is 21.6 Å². The van der Waals surface area contributed by atoms with Crippen molar-refractivity contribution in [2.75, 3.05) is 39.4 Å². The van der Waals surface area contributed by atoms with Crippen LogP contribution in [-0.4, -0.2) is 82.7 Å². The van der Waals surface area contributed by atoms with E-state index in [1.165, 1.54) is 27.8 Å². The van der Waals surface area contributed by atoms with Gasteiger partial charge in [-0.3, -0.25) is 4.79 Å². The molecule has 0 spiro atoms. The highest BCUT2D eigenvalue weighted by Gasteiger charge is 2.32. The Bertz CT molecular complexity index is 1580. The monoisotopic (exact) mass is 616 g/mol. The molecule has 0 bridgehead atoms. The number of carbonyl (C=O) groups excluding carboxylic acids is 1. The van der Waals surface area contributed by atoms with E-state index in [2.05, 4.69) is 18.8 Å². The fourth-order valence-corrected chi connectivity index (χ4v) is 6.97. The maximum Gasteiger partial charge on any atom is 0.409 e. The molecular formula is C30H44N6O6S. The minimum atomic E-state index is -3.91. The number of rotatable bonds is 13. The summed E-state index contributed by atoms with van der Waals surface area (Å²) in [4.78, 5) is 34.6. The summed E-state index contributed by atoms with van der Waals surface area (Å²) >= 11 is 0. The van der Waals surface area contributed by atoms with Gasteiger partial charge in [0.15, 0.2) is 11.3 Å². The van der Waals surface area contributed by atoms with Gasteiger partial charge in [0.1, 0.15) is 11.6 Å². The number of nitrogens with one attached hydrogen (secondary N) is 1. The zero-order chi connectivity index (χ0) is 31.1. The van der Waals surface area contributed by atoms with E-state index < -0.39 is 16.1 Å². The number of aryl methyl sites for hydroxylation is 1. The Labute approximate surface area is 253 Å². The van der Waals surface area contributed by atoms with Crippen LogP contribution in [0.1, 0.15) is 83.7 Å². The van der Waals surface area contributed by atoms with Crippen molar-refractivity contribution in [1.29, 1.82) is 0 Å². The lowest BCUT2D eigenvalue weighted by Crippen LogP contribution is -2.50. The topological polar surface area (TPSA) is 139 Å². The molecule has 0 saturated carbocycles. The van der Waals surface area contributed by atoms with E-state index in [-0.39, 0.29) is 55.0 Å². The second kappa shape index (κ2) is 14.3. The molecule has 1 unspecified atom stereocenters. The standard InChI is InChI=1S/C30H44N6O6S/c1-6-10-11-12-13-22(7-2)28-31-21(5)26-29(37)32-27(33-36(26)28)24-20-23(14-15-25(24)41-8-3)43(39,40)35-18-16-34(17-19-35)30(38)42-9-4/h14-15,20,22H,6-13,16-19H2,1-5H3,(H,32,33,37). The summed E-state index contributed by atoms with van der Waals surface area (Å²) in [7, 11) is -3.91. The molecule has 4 rings (SSSR count). The Balaban J connectivity index is 1.72. The fraction of sp³-hybridized carbons (Fsp3) is 0.600. The van der Waals surface area contributed by atoms with E-state index in [9.17, 15) is 18.0 Å². The van der Waals surface area contributed by atoms with Crippen LogP contribution in [0.5, 0.6) is 5.75 Å². The molecule has 3 heterocycles. The lowest BCUT2D eigenvalue weighted by atomic mass is 9.97. The summed E-state index contributed by atoms with van der Waals surface area (Å²) in [6, 6.07) is 4.58. The van der Waals surface area contributed by atoms with Crippen LogP contribution in [0.4, 0.5) is 4.79 Å². The normalized spacial score (nSPS) is 15.1. The van der Waals surface area contributed by atoms with Gasteiger partial charge in [0.2, 0.25) is 10.0 Å². The number of aromatic nitrogens is 4. The molecule has 3 aromatic rings. The zero-order valence-corrected chi connectivity index (χ0v) is 26.7. The molecule has 43 heavy (non-hydrogen) atoms. The number of carbonyl (C=O) groups is 1. The SMILES string of the molecule is CCCCCCC(CC)c1nc(C)c2c(=O)[nH]c(-c3cc(S(=O)(=O)N4CCN(C(=O)OCC)CC4)ccc3OCC)nn12. The number of piperazine rings is 1. The summed E-state index contributed by atoms with van der Waals surface area (Å²) in [6.45, 7) is 11.0. The second-order valence-corrected chi connectivity index (χ2v) is 12.7. The predicted molar refractivity (Wildman–Crippen MR) is 164 cm³/mol. The van der Waals surface area contributed by atoms with Crippen LogP contribution in [-0.2, 0) is 14.8 Å². The minimum absolute atomic E-state index is 0.0441. The summed E-state index contributed by atoms with van der Waals surface area (Å²) < 4.78 is 41.3. The molecule has 13 heteroatoms. The van der Waals surface area contributed by atoms with Gasteiger partial charge in [0, 0.05) is 32.1 Å². The maximum absolute atomic E-state index is 13.7. The molecule has 1 fully saturated rings. The first-order valence-electron chi connectivity index (χ1n) is 15.3. The van der Waals surface area contributed by atoms with E-state index in [4.69, 9.17) is 19.6 Å². The molecular weight excluding hydrogens is 572 g/mol. The molecule has 2 aromatic heterocycles. The largest absolute Gasteiger partial charge is 0.493 e.